The molecular formula is C20H27NO3. The van der Waals surface area contributed by atoms with E-state index in [0.717, 1.165) is 42.7 Å². The van der Waals surface area contributed by atoms with Gasteiger partial charge in [0, 0.05) is 24.8 Å². The Morgan fingerprint density at radius 3 is 2.96 bits per heavy atom. The van der Waals surface area contributed by atoms with Crippen LogP contribution in [0.3, 0.4) is 0 Å². The lowest BCUT2D eigenvalue weighted by Gasteiger charge is -2.21. The Hall–Kier alpha value is -1.55. The van der Waals surface area contributed by atoms with Crippen LogP contribution in [-0.2, 0) is 9.53 Å². The first-order valence-electron chi connectivity index (χ1n) is 9.40. The molecule has 4 nitrogen and oxygen atoms in total. The maximum absolute atomic E-state index is 12.4. The number of anilines is 1. The molecule has 0 unspecified atom stereocenters. The van der Waals surface area contributed by atoms with Gasteiger partial charge in [-0.25, -0.2) is 0 Å². The van der Waals surface area contributed by atoms with E-state index in [0.29, 0.717) is 18.9 Å². The summed E-state index contributed by atoms with van der Waals surface area (Å²) < 4.78 is 11.4. The standard InChI is InChI=1S/C20H27NO3/c22-20(11-16-10-14-6-7-15(16)9-14)21-17-3-1-4-18(12-17)24-13-19-5-2-8-23-19/h1,3-4,12,14-16,19H,2,5-11,13H2,(H,21,22)/t14-,15-,16+,19-/m0/s1. The van der Waals surface area contributed by atoms with Gasteiger partial charge in [0.2, 0.25) is 5.91 Å². The van der Waals surface area contributed by atoms with E-state index >= 15 is 0 Å². The number of hydrogen-bond acceptors (Lipinski definition) is 3. The Bertz CT molecular complexity index is 582. The molecule has 4 rings (SSSR count). The molecule has 1 aromatic carbocycles. The number of carbonyl (C=O) groups is 1. The molecular weight excluding hydrogens is 302 g/mol. The monoisotopic (exact) mass is 329 g/mol. The van der Waals surface area contributed by atoms with Gasteiger partial charge in [-0.15, -0.1) is 0 Å². The van der Waals surface area contributed by atoms with Crippen LogP contribution in [0.1, 0.15) is 44.9 Å². The van der Waals surface area contributed by atoms with Crippen LogP contribution in [0.5, 0.6) is 5.75 Å². The predicted octanol–water partition coefficient (Wildman–Crippen LogP) is 4.01. The molecule has 0 spiro atoms. The van der Waals surface area contributed by atoms with Gasteiger partial charge in [0.05, 0.1) is 6.10 Å². The molecule has 1 heterocycles. The van der Waals surface area contributed by atoms with Crippen molar-refractivity contribution in [3.05, 3.63) is 24.3 Å². The third kappa shape index (κ3) is 3.75. The van der Waals surface area contributed by atoms with Crippen LogP contribution in [0.4, 0.5) is 5.69 Å². The molecule has 130 valence electrons. The van der Waals surface area contributed by atoms with Crippen LogP contribution in [0.2, 0.25) is 0 Å². The smallest absolute Gasteiger partial charge is 0.224 e. The zero-order chi connectivity index (χ0) is 16.4. The van der Waals surface area contributed by atoms with Crippen molar-refractivity contribution < 1.29 is 14.3 Å². The molecule has 1 amide bonds. The highest BCUT2D eigenvalue weighted by Crippen LogP contribution is 2.49. The van der Waals surface area contributed by atoms with Crippen molar-refractivity contribution in [2.45, 2.75) is 51.0 Å². The van der Waals surface area contributed by atoms with E-state index in [1.54, 1.807) is 0 Å². The highest BCUT2D eigenvalue weighted by molar-refractivity contribution is 5.91. The summed E-state index contributed by atoms with van der Waals surface area (Å²) in [5, 5.41) is 3.05. The van der Waals surface area contributed by atoms with E-state index in [-0.39, 0.29) is 12.0 Å². The van der Waals surface area contributed by atoms with Gasteiger partial charge in [-0.2, -0.15) is 0 Å². The Kier molecular flexibility index (Phi) is 4.74. The number of ether oxygens (including phenoxy) is 2. The summed E-state index contributed by atoms with van der Waals surface area (Å²) in [6.45, 7) is 1.43. The molecule has 0 aromatic heterocycles. The molecule has 2 aliphatic carbocycles. The Labute approximate surface area is 143 Å². The normalized spacial score (nSPS) is 31.3. The SMILES string of the molecule is O=C(C[C@H]1C[C@H]2CC[C@H]1C2)Nc1cccc(OC[C@@H]2CCCO2)c1. The zero-order valence-electron chi connectivity index (χ0n) is 14.2. The first kappa shape index (κ1) is 15.9. The van der Waals surface area contributed by atoms with Crippen molar-refractivity contribution in [2.75, 3.05) is 18.5 Å². The van der Waals surface area contributed by atoms with E-state index in [1.807, 2.05) is 24.3 Å². The van der Waals surface area contributed by atoms with Crippen LogP contribution in [0.25, 0.3) is 0 Å². The van der Waals surface area contributed by atoms with Crippen LogP contribution in [0.15, 0.2) is 24.3 Å². The van der Waals surface area contributed by atoms with E-state index in [9.17, 15) is 4.79 Å². The molecule has 1 saturated heterocycles. The van der Waals surface area contributed by atoms with Gasteiger partial charge in [0.15, 0.2) is 0 Å². The molecule has 2 saturated carbocycles. The quantitative estimate of drug-likeness (QED) is 0.858. The molecule has 1 aromatic rings. The molecule has 1 N–H and O–H groups in total. The summed E-state index contributed by atoms with van der Waals surface area (Å²) >= 11 is 0. The van der Waals surface area contributed by atoms with Crippen LogP contribution in [0, 0.1) is 17.8 Å². The van der Waals surface area contributed by atoms with Gasteiger partial charge in [0.1, 0.15) is 12.4 Å². The fourth-order valence-electron chi connectivity index (χ4n) is 4.71. The number of carbonyl (C=O) groups excluding carboxylic acids is 1. The van der Waals surface area contributed by atoms with Crippen LogP contribution >= 0.6 is 0 Å². The van der Waals surface area contributed by atoms with E-state index < -0.39 is 0 Å². The lowest BCUT2D eigenvalue weighted by molar-refractivity contribution is -0.117. The predicted molar refractivity (Wildman–Crippen MR) is 93.1 cm³/mol. The van der Waals surface area contributed by atoms with Crippen molar-refractivity contribution >= 4 is 11.6 Å². The van der Waals surface area contributed by atoms with Crippen LogP contribution in [-0.4, -0.2) is 25.2 Å². The largest absolute Gasteiger partial charge is 0.491 e. The van der Waals surface area contributed by atoms with Gasteiger partial charge in [-0.3, -0.25) is 4.79 Å². The summed E-state index contributed by atoms with van der Waals surface area (Å²) in [5.74, 6) is 3.22. The number of nitrogens with one attached hydrogen (secondary N) is 1. The molecule has 2 bridgehead atoms. The summed E-state index contributed by atoms with van der Waals surface area (Å²) in [6, 6.07) is 7.70. The lowest BCUT2D eigenvalue weighted by atomic mass is 9.86. The average molecular weight is 329 g/mol. The summed E-state index contributed by atoms with van der Waals surface area (Å²) in [7, 11) is 0. The van der Waals surface area contributed by atoms with Gasteiger partial charge >= 0.3 is 0 Å². The van der Waals surface area contributed by atoms with Gasteiger partial charge in [-0.1, -0.05) is 12.5 Å². The van der Waals surface area contributed by atoms with Crippen molar-refractivity contribution in [1.29, 1.82) is 0 Å². The second-order valence-electron chi connectivity index (χ2n) is 7.66. The number of amides is 1. The first-order valence-corrected chi connectivity index (χ1v) is 9.40. The third-order valence-corrected chi connectivity index (χ3v) is 5.91. The van der Waals surface area contributed by atoms with E-state index in [2.05, 4.69) is 5.32 Å². The Morgan fingerprint density at radius 1 is 1.25 bits per heavy atom. The minimum absolute atomic E-state index is 0.142. The van der Waals surface area contributed by atoms with Gasteiger partial charge in [-0.05, 0) is 62.0 Å². The highest BCUT2D eigenvalue weighted by atomic mass is 16.5. The molecule has 4 heteroatoms. The van der Waals surface area contributed by atoms with Crippen LogP contribution < -0.4 is 10.1 Å². The molecule has 1 aliphatic heterocycles. The summed E-state index contributed by atoms with van der Waals surface area (Å²) in [5.41, 5.74) is 0.827. The Balaban J connectivity index is 1.27. The molecule has 0 radical (unpaired) electrons. The highest BCUT2D eigenvalue weighted by Gasteiger charge is 2.40. The second-order valence-corrected chi connectivity index (χ2v) is 7.66. The fourth-order valence-corrected chi connectivity index (χ4v) is 4.71. The topological polar surface area (TPSA) is 47.6 Å². The van der Waals surface area contributed by atoms with Crippen molar-refractivity contribution in [3.8, 4) is 5.75 Å². The lowest BCUT2D eigenvalue weighted by Crippen LogP contribution is -2.20. The molecule has 3 fully saturated rings. The van der Waals surface area contributed by atoms with Crippen molar-refractivity contribution in [1.82, 2.24) is 0 Å². The van der Waals surface area contributed by atoms with Crippen molar-refractivity contribution in [2.24, 2.45) is 17.8 Å². The fraction of sp³-hybridized carbons (Fsp3) is 0.650. The molecule has 4 atom stereocenters. The van der Waals surface area contributed by atoms with E-state index in [1.165, 1.54) is 25.7 Å². The Morgan fingerprint density at radius 2 is 2.21 bits per heavy atom. The summed E-state index contributed by atoms with van der Waals surface area (Å²) in [4.78, 5) is 12.4. The van der Waals surface area contributed by atoms with Gasteiger partial charge in [0.25, 0.3) is 0 Å². The minimum Gasteiger partial charge on any atom is -0.491 e. The third-order valence-electron chi connectivity index (χ3n) is 5.91. The van der Waals surface area contributed by atoms with Crippen molar-refractivity contribution in [3.63, 3.8) is 0 Å². The minimum atomic E-state index is 0.142. The zero-order valence-corrected chi connectivity index (χ0v) is 14.2. The maximum Gasteiger partial charge on any atom is 0.224 e. The number of hydrogen-bond donors (Lipinski definition) is 1. The summed E-state index contributed by atoms with van der Waals surface area (Å²) in [6.07, 6.45) is 8.38. The number of benzene rings is 1. The number of fused-ring (bicyclic) bond motifs is 2. The maximum atomic E-state index is 12.4. The second kappa shape index (κ2) is 7.14. The van der Waals surface area contributed by atoms with E-state index in [4.69, 9.17) is 9.47 Å². The first-order chi connectivity index (χ1) is 11.8. The number of rotatable bonds is 6. The van der Waals surface area contributed by atoms with Gasteiger partial charge < -0.3 is 14.8 Å². The molecule has 24 heavy (non-hydrogen) atoms. The molecule has 3 aliphatic rings. The average Bonchev–Trinajstić information content (AvgIpc) is 3.31.